The third kappa shape index (κ3) is 4.87. The van der Waals surface area contributed by atoms with Crippen LogP contribution in [0, 0.1) is 11.6 Å². The second-order valence-electron chi connectivity index (χ2n) is 5.27. The molecule has 0 unspecified atom stereocenters. The number of hydrogen-bond donors (Lipinski definition) is 0. The van der Waals surface area contributed by atoms with Gasteiger partial charge in [-0.15, -0.1) is 0 Å². The first-order valence-electron chi connectivity index (χ1n) is 7.33. The molecule has 0 bridgehead atoms. The van der Waals surface area contributed by atoms with Crippen LogP contribution >= 0.6 is 0 Å². The molecule has 0 fully saturated rings. The molecule has 6 heteroatoms. The van der Waals surface area contributed by atoms with Gasteiger partial charge in [0.2, 0.25) is 0 Å². The minimum Gasteiger partial charge on any atom is -0.455 e. The largest absolute Gasteiger partial charge is 0.455 e. The third-order valence-electron chi connectivity index (χ3n) is 3.44. The Bertz CT molecular complexity index is 734. The molecule has 0 heterocycles. The number of ether oxygens (including phenoxy) is 1. The van der Waals surface area contributed by atoms with Crippen LogP contribution in [-0.2, 0) is 27.3 Å². The van der Waals surface area contributed by atoms with Gasteiger partial charge in [-0.05, 0) is 17.7 Å². The zero-order chi connectivity index (χ0) is 17.5. The Balaban J connectivity index is 1.83. The molecule has 0 aliphatic carbocycles. The second-order valence-corrected chi connectivity index (χ2v) is 5.27. The smallest absolute Gasteiger partial charge is 0.310 e. The molecule has 4 nitrogen and oxygen atoms in total. The zero-order valence-electron chi connectivity index (χ0n) is 13.2. The van der Waals surface area contributed by atoms with Crippen molar-refractivity contribution in [2.24, 2.45) is 0 Å². The fourth-order valence-corrected chi connectivity index (χ4v) is 2.07. The Labute approximate surface area is 138 Å². The maximum Gasteiger partial charge on any atom is 0.310 e. The Morgan fingerprint density at radius 3 is 2.08 bits per heavy atom. The standard InChI is InChI=1S/C18H17F2NO3/c1-21(11-14-7-3-5-9-16(14)20)17(22)12-24-18(23)10-13-6-2-4-8-15(13)19/h2-9H,10-12H2,1H3. The van der Waals surface area contributed by atoms with Gasteiger partial charge in [-0.2, -0.15) is 0 Å². The van der Waals surface area contributed by atoms with Gasteiger partial charge in [-0.3, -0.25) is 9.59 Å². The summed E-state index contributed by atoms with van der Waals surface area (Å²) in [7, 11) is 1.49. The van der Waals surface area contributed by atoms with Crippen LogP contribution in [0.3, 0.4) is 0 Å². The molecule has 2 aromatic rings. The van der Waals surface area contributed by atoms with E-state index in [1.807, 2.05) is 0 Å². The highest BCUT2D eigenvalue weighted by Crippen LogP contribution is 2.10. The molecule has 2 rings (SSSR count). The summed E-state index contributed by atoms with van der Waals surface area (Å²) >= 11 is 0. The topological polar surface area (TPSA) is 46.6 Å². The van der Waals surface area contributed by atoms with Crippen LogP contribution in [0.5, 0.6) is 0 Å². The first-order chi connectivity index (χ1) is 11.5. The van der Waals surface area contributed by atoms with Crippen LogP contribution in [0.2, 0.25) is 0 Å². The number of esters is 1. The predicted octanol–water partition coefficient (Wildman–Crippen LogP) is 2.71. The lowest BCUT2D eigenvalue weighted by Gasteiger charge is -2.17. The molecule has 2 aromatic carbocycles. The van der Waals surface area contributed by atoms with Crippen LogP contribution in [0.25, 0.3) is 0 Å². The van der Waals surface area contributed by atoms with Gasteiger partial charge < -0.3 is 9.64 Å². The summed E-state index contributed by atoms with van der Waals surface area (Å²) in [6, 6.07) is 12.0. The van der Waals surface area contributed by atoms with E-state index in [1.54, 1.807) is 24.3 Å². The van der Waals surface area contributed by atoms with Crippen LogP contribution in [0.4, 0.5) is 8.78 Å². The SMILES string of the molecule is CN(Cc1ccccc1F)C(=O)COC(=O)Cc1ccccc1F. The minimum absolute atomic E-state index is 0.0658. The summed E-state index contributed by atoms with van der Waals surface area (Å²) in [6.07, 6.45) is -0.253. The molecule has 0 aliphatic heterocycles. The first-order valence-corrected chi connectivity index (χ1v) is 7.33. The fraction of sp³-hybridized carbons (Fsp3) is 0.222. The van der Waals surface area contributed by atoms with E-state index in [1.165, 1.54) is 36.2 Å². The van der Waals surface area contributed by atoms with Crippen LogP contribution in [0.1, 0.15) is 11.1 Å². The number of likely N-dealkylation sites (N-methyl/N-ethyl adjacent to an activating group) is 1. The number of carbonyl (C=O) groups is 2. The molecular weight excluding hydrogens is 316 g/mol. The van der Waals surface area contributed by atoms with E-state index in [-0.39, 0.29) is 18.5 Å². The zero-order valence-corrected chi connectivity index (χ0v) is 13.2. The molecule has 0 atom stereocenters. The Hall–Kier alpha value is -2.76. The summed E-state index contributed by atoms with van der Waals surface area (Å²) in [4.78, 5) is 24.9. The average molecular weight is 333 g/mol. The van der Waals surface area contributed by atoms with E-state index in [0.717, 1.165) is 0 Å². The van der Waals surface area contributed by atoms with Crippen molar-refractivity contribution < 1.29 is 23.1 Å². The second kappa shape index (κ2) is 8.19. The van der Waals surface area contributed by atoms with Gasteiger partial charge in [0, 0.05) is 19.2 Å². The first kappa shape index (κ1) is 17.6. The number of carbonyl (C=O) groups excluding carboxylic acids is 2. The molecule has 0 radical (unpaired) electrons. The Kier molecular flexibility index (Phi) is 6.01. The lowest BCUT2D eigenvalue weighted by molar-refractivity contribution is -0.151. The lowest BCUT2D eigenvalue weighted by Crippen LogP contribution is -2.31. The fourth-order valence-electron chi connectivity index (χ4n) is 2.07. The van der Waals surface area contributed by atoms with Crippen molar-refractivity contribution >= 4 is 11.9 Å². The van der Waals surface area contributed by atoms with Crippen molar-refractivity contribution in [2.45, 2.75) is 13.0 Å². The predicted molar refractivity (Wildman–Crippen MR) is 83.9 cm³/mol. The molecule has 0 aromatic heterocycles. The average Bonchev–Trinajstić information content (AvgIpc) is 2.56. The lowest BCUT2D eigenvalue weighted by atomic mass is 10.1. The summed E-state index contributed by atoms with van der Waals surface area (Å²) in [5, 5.41) is 0. The monoisotopic (exact) mass is 333 g/mol. The Morgan fingerprint density at radius 2 is 1.50 bits per heavy atom. The molecule has 0 aliphatic rings. The summed E-state index contributed by atoms with van der Waals surface area (Å²) in [5.41, 5.74) is 0.570. The molecular formula is C18H17F2NO3. The van der Waals surface area contributed by atoms with E-state index in [4.69, 9.17) is 4.74 Å². The third-order valence-corrected chi connectivity index (χ3v) is 3.44. The van der Waals surface area contributed by atoms with Gasteiger partial charge >= 0.3 is 5.97 Å². The normalized spacial score (nSPS) is 10.3. The number of benzene rings is 2. The van der Waals surface area contributed by atoms with E-state index in [9.17, 15) is 18.4 Å². The van der Waals surface area contributed by atoms with Gasteiger partial charge in [-0.1, -0.05) is 36.4 Å². The van der Waals surface area contributed by atoms with Gasteiger partial charge in [-0.25, -0.2) is 8.78 Å². The van der Waals surface area contributed by atoms with Gasteiger partial charge in [0.05, 0.1) is 6.42 Å². The number of amides is 1. The van der Waals surface area contributed by atoms with Crippen molar-refractivity contribution in [3.63, 3.8) is 0 Å². The maximum atomic E-state index is 13.5. The van der Waals surface area contributed by atoms with Crippen molar-refractivity contribution in [3.05, 3.63) is 71.3 Å². The molecule has 24 heavy (non-hydrogen) atoms. The van der Waals surface area contributed by atoms with Crippen molar-refractivity contribution in [1.29, 1.82) is 0 Å². The number of halogens is 2. The highest BCUT2D eigenvalue weighted by molar-refractivity contribution is 5.81. The van der Waals surface area contributed by atoms with Gasteiger partial charge in [0.25, 0.3) is 5.91 Å². The minimum atomic E-state index is -0.701. The summed E-state index contributed by atoms with van der Waals surface area (Å²) < 4.78 is 31.8. The summed E-state index contributed by atoms with van der Waals surface area (Å²) in [6.45, 7) is -0.408. The quantitative estimate of drug-likeness (QED) is 0.764. The van der Waals surface area contributed by atoms with Gasteiger partial charge in [0.15, 0.2) is 6.61 Å². The number of nitrogens with zero attached hydrogens (tertiary/aromatic N) is 1. The molecule has 126 valence electrons. The van der Waals surface area contributed by atoms with Crippen LogP contribution < -0.4 is 0 Å². The van der Waals surface area contributed by atoms with Crippen molar-refractivity contribution in [2.75, 3.05) is 13.7 Å². The number of rotatable bonds is 6. The molecule has 0 saturated heterocycles. The molecule has 0 spiro atoms. The highest BCUT2D eigenvalue weighted by atomic mass is 19.1. The molecule has 1 amide bonds. The summed E-state index contributed by atoms with van der Waals surface area (Å²) in [5.74, 6) is -2.08. The Morgan fingerprint density at radius 1 is 0.958 bits per heavy atom. The van der Waals surface area contributed by atoms with E-state index in [0.29, 0.717) is 5.56 Å². The maximum absolute atomic E-state index is 13.5. The van der Waals surface area contributed by atoms with E-state index >= 15 is 0 Å². The highest BCUT2D eigenvalue weighted by Gasteiger charge is 2.15. The van der Waals surface area contributed by atoms with Crippen molar-refractivity contribution in [3.8, 4) is 0 Å². The van der Waals surface area contributed by atoms with Crippen LogP contribution in [-0.4, -0.2) is 30.4 Å². The van der Waals surface area contributed by atoms with Crippen LogP contribution in [0.15, 0.2) is 48.5 Å². The van der Waals surface area contributed by atoms with E-state index < -0.39 is 30.1 Å². The molecule has 0 saturated carbocycles. The van der Waals surface area contributed by atoms with Gasteiger partial charge in [0.1, 0.15) is 11.6 Å². The van der Waals surface area contributed by atoms with E-state index in [2.05, 4.69) is 0 Å². The molecule has 0 N–H and O–H groups in total. The number of hydrogen-bond acceptors (Lipinski definition) is 3. The van der Waals surface area contributed by atoms with Crippen molar-refractivity contribution in [1.82, 2.24) is 4.90 Å².